The Balaban J connectivity index is 3.18. The second kappa shape index (κ2) is 5.56. The summed E-state index contributed by atoms with van der Waals surface area (Å²) in [5.41, 5.74) is 0.640. The standard InChI is InChI=1S/C12H11NO3/c1-16-10-7-4-6-9(5-2-3-8-13)11(10)12(14)15/h2,4-7H,3H2,1H3,(H,14,15). The van der Waals surface area contributed by atoms with Crippen LogP contribution in [0.5, 0.6) is 5.75 Å². The van der Waals surface area contributed by atoms with Crippen molar-refractivity contribution in [2.75, 3.05) is 7.11 Å². The third-order valence-corrected chi connectivity index (χ3v) is 2.00. The van der Waals surface area contributed by atoms with Gasteiger partial charge in [0.25, 0.3) is 0 Å². The van der Waals surface area contributed by atoms with Crippen LogP contribution in [0.2, 0.25) is 0 Å². The maximum atomic E-state index is 11.1. The van der Waals surface area contributed by atoms with Crippen molar-refractivity contribution >= 4 is 12.0 Å². The molecule has 0 bridgehead atoms. The van der Waals surface area contributed by atoms with E-state index < -0.39 is 5.97 Å². The molecular weight excluding hydrogens is 206 g/mol. The number of nitrogens with zero attached hydrogens (tertiary/aromatic N) is 1. The summed E-state index contributed by atoms with van der Waals surface area (Å²) in [4.78, 5) is 11.1. The van der Waals surface area contributed by atoms with Crippen molar-refractivity contribution in [1.82, 2.24) is 0 Å². The first-order chi connectivity index (χ1) is 7.70. The predicted octanol–water partition coefficient (Wildman–Crippen LogP) is 2.32. The molecule has 0 aliphatic carbocycles. The Morgan fingerprint density at radius 3 is 2.94 bits per heavy atom. The molecule has 82 valence electrons. The van der Waals surface area contributed by atoms with Crippen LogP contribution >= 0.6 is 0 Å². The van der Waals surface area contributed by atoms with Crippen LogP contribution in [0.25, 0.3) is 6.08 Å². The monoisotopic (exact) mass is 217 g/mol. The fourth-order valence-electron chi connectivity index (χ4n) is 1.32. The molecular formula is C12H11NO3. The number of hydrogen-bond donors (Lipinski definition) is 1. The van der Waals surface area contributed by atoms with Crippen LogP contribution in [-0.4, -0.2) is 18.2 Å². The zero-order valence-electron chi connectivity index (χ0n) is 8.80. The van der Waals surface area contributed by atoms with Crippen molar-refractivity contribution in [3.63, 3.8) is 0 Å². The molecule has 1 rings (SSSR count). The summed E-state index contributed by atoms with van der Waals surface area (Å²) in [6, 6.07) is 6.91. The third kappa shape index (κ3) is 2.61. The van der Waals surface area contributed by atoms with Gasteiger partial charge < -0.3 is 9.84 Å². The second-order valence-corrected chi connectivity index (χ2v) is 2.99. The number of hydrogen-bond acceptors (Lipinski definition) is 3. The van der Waals surface area contributed by atoms with Crippen molar-refractivity contribution < 1.29 is 14.6 Å². The summed E-state index contributed by atoms with van der Waals surface area (Å²) in [5, 5.41) is 17.4. The zero-order chi connectivity index (χ0) is 12.0. The van der Waals surface area contributed by atoms with Crippen LogP contribution in [0.4, 0.5) is 0 Å². The molecule has 4 nitrogen and oxygen atoms in total. The Kier molecular flexibility index (Phi) is 4.10. The number of nitriles is 1. The van der Waals surface area contributed by atoms with Gasteiger partial charge in [-0.1, -0.05) is 24.3 Å². The fourth-order valence-corrected chi connectivity index (χ4v) is 1.32. The number of benzene rings is 1. The Hall–Kier alpha value is -2.28. The highest BCUT2D eigenvalue weighted by atomic mass is 16.5. The minimum absolute atomic E-state index is 0.110. The van der Waals surface area contributed by atoms with Gasteiger partial charge in [-0.15, -0.1) is 0 Å². The van der Waals surface area contributed by atoms with Crippen molar-refractivity contribution in [2.24, 2.45) is 0 Å². The molecule has 0 amide bonds. The second-order valence-electron chi connectivity index (χ2n) is 2.99. The topological polar surface area (TPSA) is 70.3 Å². The summed E-state index contributed by atoms with van der Waals surface area (Å²) in [7, 11) is 1.42. The highest BCUT2D eigenvalue weighted by molar-refractivity contribution is 5.95. The lowest BCUT2D eigenvalue weighted by molar-refractivity contribution is 0.0693. The average molecular weight is 217 g/mol. The lowest BCUT2D eigenvalue weighted by Gasteiger charge is -2.07. The molecule has 0 atom stereocenters. The molecule has 0 aromatic heterocycles. The predicted molar refractivity (Wildman–Crippen MR) is 59.2 cm³/mol. The van der Waals surface area contributed by atoms with Gasteiger partial charge in [-0.25, -0.2) is 4.79 Å². The van der Waals surface area contributed by atoms with Crippen LogP contribution in [0.3, 0.4) is 0 Å². The number of aromatic carboxylic acids is 1. The molecule has 1 aromatic carbocycles. The lowest BCUT2D eigenvalue weighted by atomic mass is 10.1. The maximum Gasteiger partial charge on any atom is 0.340 e. The maximum absolute atomic E-state index is 11.1. The minimum Gasteiger partial charge on any atom is -0.496 e. The van der Waals surface area contributed by atoms with E-state index >= 15 is 0 Å². The number of ether oxygens (including phenoxy) is 1. The molecule has 0 saturated heterocycles. The summed E-state index contributed by atoms with van der Waals surface area (Å²) >= 11 is 0. The first-order valence-electron chi connectivity index (χ1n) is 4.64. The number of carboxylic acid groups (broad SMARTS) is 1. The molecule has 0 fully saturated rings. The fraction of sp³-hybridized carbons (Fsp3) is 0.167. The zero-order valence-corrected chi connectivity index (χ0v) is 8.80. The molecule has 0 radical (unpaired) electrons. The number of rotatable bonds is 4. The summed E-state index contributed by atoms with van der Waals surface area (Å²) in [6.07, 6.45) is 3.46. The van der Waals surface area contributed by atoms with Crippen LogP contribution in [0, 0.1) is 11.3 Å². The number of allylic oxidation sites excluding steroid dienone is 1. The first kappa shape index (κ1) is 11.8. The van der Waals surface area contributed by atoms with Crippen LogP contribution in [0.15, 0.2) is 24.3 Å². The van der Waals surface area contributed by atoms with Crippen molar-refractivity contribution in [1.29, 1.82) is 5.26 Å². The van der Waals surface area contributed by atoms with Crippen molar-refractivity contribution in [2.45, 2.75) is 6.42 Å². The molecule has 0 saturated carbocycles. The highest BCUT2D eigenvalue weighted by Crippen LogP contribution is 2.23. The lowest BCUT2D eigenvalue weighted by Crippen LogP contribution is -2.02. The van der Waals surface area contributed by atoms with Crippen molar-refractivity contribution in [3.8, 4) is 11.8 Å². The Morgan fingerprint density at radius 2 is 2.38 bits per heavy atom. The smallest absolute Gasteiger partial charge is 0.340 e. The van der Waals surface area contributed by atoms with Gasteiger partial charge in [0.2, 0.25) is 0 Å². The van der Waals surface area contributed by atoms with Gasteiger partial charge in [-0.3, -0.25) is 0 Å². The van der Waals surface area contributed by atoms with E-state index in [1.165, 1.54) is 7.11 Å². The van der Waals surface area contributed by atoms with Gasteiger partial charge in [-0.05, 0) is 11.6 Å². The quantitative estimate of drug-likeness (QED) is 0.840. The third-order valence-electron chi connectivity index (χ3n) is 2.00. The molecule has 0 spiro atoms. The van der Waals surface area contributed by atoms with E-state index in [9.17, 15) is 4.79 Å². The van der Waals surface area contributed by atoms with E-state index in [0.717, 1.165) is 0 Å². The minimum atomic E-state index is -1.05. The van der Waals surface area contributed by atoms with Gasteiger partial charge >= 0.3 is 5.97 Å². The van der Waals surface area contributed by atoms with E-state index in [2.05, 4.69) is 0 Å². The van der Waals surface area contributed by atoms with Crippen LogP contribution < -0.4 is 4.74 Å². The van der Waals surface area contributed by atoms with Gasteiger partial charge in [-0.2, -0.15) is 5.26 Å². The molecule has 0 unspecified atom stereocenters. The molecule has 16 heavy (non-hydrogen) atoms. The highest BCUT2D eigenvalue weighted by Gasteiger charge is 2.13. The molecule has 0 aliphatic heterocycles. The van der Waals surface area contributed by atoms with Crippen molar-refractivity contribution in [3.05, 3.63) is 35.4 Å². The van der Waals surface area contributed by atoms with E-state index in [-0.39, 0.29) is 12.0 Å². The van der Waals surface area contributed by atoms with E-state index in [1.54, 1.807) is 30.4 Å². The largest absolute Gasteiger partial charge is 0.496 e. The summed E-state index contributed by atoms with van der Waals surface area (Å²) < 4.78 is 4.97. The van der Waals surface area contributed by atoms with E-state index in [1.807, 2.05) is 6.07 Å². The Bertz CT molecular complexity index is 458. The van der Waals surface area contributed by atoms with E-state index in [4.69, 9.17) is 15.1 Å². The molecule has 1 N–H and O–H groups in total. The number of carboxylic acids is 1. The van der Waals surface area contributed by atoms with Crippen LogP contribution in [-0.2, 0) is 0 Å². The van der Waals surface area contributed by atoms with Gasteiger partial charge in [0.15, 0.2) is 0 Å². The molecule has 4 heteroatoms. The Labute approximate surface area is 93.4 Å². The molecule has 0 heterocycles. The number of carbonyl (C=O) groups is 1. The van der Waals surface area contributed by atoms with Crippen LogP contribution in [0.1, 0.15) is 22.3 Å². The first-order valence-corrected chi connectivity index (χ1v) is 4.64. The summed E-state index contributed by atoms with van der Waals surface area (Å²) in [5.74, 6) is -0.735. The Morgan fingerprint density at radius 1 is 1.62 bits per heavy atom. The van der Waals surface area contributed by atoms with Gasteiger partial charge in [0.1, 0.15) is 11.3 Å². The SMILES string of the molecule is COc1cccc(C=CCC#N)c1C(=O)O. The van der Waals surface area contributed by atoms with Gasteiger partial charge in [0.05, 0.1) is 19.6 Å². The van der Waals surface area contributed by atoms with Gasteiger partial charge in [0, 0.05) is 0 Å². The van der Waals surface area contributed by atoms with E-state index in [0.29, 0.717) is 11.3 Å². The molecule has 1 aromatic rings. The normalized spacial score (nSPS) is 10.0. The summed E-state index contributed by atoms with van der Waals surface area (Å²) in [6.45, 7) is 0. The molecule has 0 aliphatic rings. The number of methoxy groups -OCH3 is 1. The average Bonchev–Trinajstić information content (AvgIpc) is 2.28.